The van der Waals surface area contributed by atoms with Crippen LogP contribution in [0.4, 0.5) is 5.69 Å². The third kappa shape index (κ3) is 3.16. The Morgan fingerprint density at radius 3 is 2.63 bits per heavy atom. The Bertz CT molecular complexity index is 602. The van der Waals surface area contributed by atoms with Crippen molar-refractivity contribution in [2.75, 3.05) is 12.4 Å². The standard InChI is InChI=1S/C14H14BrNO2S/c1-8-4-5-11(18-3)10(6-8)16-14(17)12-7-9(2)13(15)19-12/h4-7H,1-3H3,(H,16,17). The predicted octanol–water partition coefficient (Wildman–Crippen LogP) is 4.39. The van der Waals surface area contributed by atoms with Gasteiger partial charge in [0, 0.05) is 0 Å². The maximum Gasteiger partial charge on any atom is 0.265 e. The number of nitrogens with one attached hydrogen (secondary N) is 1. The Balaban J connectivity index is 2.25. The van der Waals surface area contributed by atoms with E-state index >= 15 is 0 Å². The Morgan fingerprint density at radius 1 is 1.32 bits per heavy atom. The van der Waals surface area contributed by atoms with Gasteiger partial charge in [0.05, 0.1) is 21.5 Å². The van der Waals surface area contributed by atoms with Gasteiger partial charge in [-0.25, -0.2) is 0 Å². The zero-order valence-electron chi connectivity index (χ0n) is 10.9. The van der Waals surface area contributed by atoms with E-state index in [0.29, 0.717) is 16.3 Å². The van der Waals surface area contributed by atoms with Crippen molar-refractivity contribution in [2.45, 2.75) is 13.8 Å². The molecule has 0 saturated heterocycles. The van der Waals surface area contributed by atoms with Gasteiger partial charge < -0.3 is 10.1 Å². The molecule has 19 heavy (non-hydrogen) atoms. The number of methoxy groups -OCH3 is 1. The fourth-order valence-electron chi connectivity index (χ4n) is 1.68. The molecular formula is C14H14BrNO2S. The third-order valence-corrected chi connectivity index (χ3v) is 4.82. The number of aryl methyl sites for hydroxylation is 2. The lowest BCUT2D eigenvalue weighted by molar-refractivity contribution is 0.103. The minimum atomic E-state index is -0.122. The molecule has 0 radical (unpaired) electrons. The second-order valence-corrected chi connectivity index (χ2v) is 6.60. The van der Waals surface area contributed by atoms with Crippen LogP contribution in [-0.4, -0.2) is 13.0 Å². The van der Waals surface area contributed by atoms with E-state index in [1.54, 1.807) is 7.11 Å². The summed E-state index contributed by atoms with van der Waals surface area (Å²) in [6, 6.07) is 7.56. The molecule has 0 aliphatic carbocycles. The van der Waals surface area contributed by atoms with Gasteiger partial charge in [0.15, 0.2) is 0 Å². The number of amides is 1. The fraction of sp³-hybridized carbons (Fsp3) is 0.214. The number of rotatable bonds is 3. The Kier molecular flexibility index (Phi) is 4.27. The lowest BCUT2D eigenvalue weighted by Gasteiger charge is -2.10. The summed E-state index contributed by atoms with van der Waals surface area (Å²) in [5, 5.41) is 2.88. The van der Waals surface area contributed by atoms with E-state index in [1.165, 1.54) is 11.3 Å². The van der Waals surface area contributed by atoms with Crippen LogP contribution in [0.2, 0.25) is 0 Å². The zero-order chi connectivity index (χ0) is 14.0. The zero-order valence-corrected chi connectivity index (χ0v) is 13.3. The van der Waals surface area contributed by atoms with Crippen molar-refractivity contribution in [3.63, 3.8) is 0 Å². The van der Waals surface area contributed by atoms with E-state index in [9.17, 15) is 4.79 Å². The van der Waals surface area contributed by atoms with Crippen molar-refractivity contribution >= 4 is 38.9 Å². The second kappa shape index (κ2) is 5.75. The number of halogens is 1. The largest absolute Gasteiger partial charge is 0.495 e. The molecule has 0 aliphatic rings. The van der Waals surface area contributed by atoms with E-state index in [4.69, 9.17) is 4.74 Å². The molecule has 1 aromatic carbocycles. The van der Waals surface area contributed by atoms with Crippen LogP contribution in [0.1, 0.15) is 20.8 Å². The highest BCUT2D eigenvalue weighted by Gasteiger charge is 2.13. The number of anilines is 1. The number of benzene rings is 1. The van der Waals surface area contributed by atoms with Gasteiger partial charge in [-0.15, -0.1) is 11.3 Å². The molecule has 0 bridgehead atoms. The molecule has 1 amide bonds. The van der Waals surface area contributed by atoms with E-state index < -0.39 is 0 Å². The summed E-state index contributed by atoms with van der Waals surface area (Å²) >= 11 is 4.85. The number of thiophene rings is 1. The Labute approximate surface area is 124 Å². The summed E-state index contributed by atoms with van der Waals surface area (Å²) in [7, 11) is 1.59. The topological polar surface area (TPSA) is 38.3 Å². The number of carbonyl (C=O) groups excluding carboxylic acids is 1. The normalized spacial score (nSPS) is 10.3. The number of ether oxygens (including phenoxy) is 1. The highest BCUT2D eigenvalue weighted by atomic mass is 79.9. The van der Waals surface area contributed by atoms with Crippen LogP contribution in [0.3, 0.4) is 0 Å². The molecule has 1 heterocycles. The van der Waals surface area contributed by atoms with E-state index in [1.807, 2.05) is 38.1 Å². The van der Waals surface area contributed by atoms with Crippen molar-refractivity contribution in [3.05, 3.63) is 44.1 Å². The summed E-state index contributed by atoms with van der Waals surface area (Å²) in [5.41, 5.74) is 2.82. The van der Waals surface area contributed by atoms with Gasteiger partial charge in [0.2, 0.25) is 0 Å². The van der Waals surface area contributed by atoms with Crippen LogP contribution in [0.5, 0.6) is 5.75 Å². The minimum absolute atomic E-state index is 0.122. The third-order valence-electron chi connectivity index (χ3n) is 2.68. The van der Waals surface area contributed by atoms with Crippen LogP contribution in [0.25, 0.3) is 0 Å². The maximum atomic E-state index is 12.2. The van der Waals surface area contributed by atoms with Gasteiger partial charge in [-0.1, -0.05) is 6.07 Å². The quantitative estimate of drug-likeness (QED) is 0.900. The highest BCUT2D eigenvalue weighted by molar-refractivity contribution is 9.11. The Hall–Kier alpha value is -1.33. The van der Waals surface area contributed by atoms with Gasteiger partial charge in [-0.2, -0.15) is 0 Å². The fourth-order valence-corrected chi connectivity index (χ4v) is 3.11. The second-order valence-electron chi connectivity index (χ2n) is 4.23. The van der Waals surface area contributed by atoms with Crippen molar-refractivity contribution < 1.29 is 9.53 Å². The van der Waals surface area contributed by atoms with Crippen molar-refractivity contribution in [3.8, 4) is 5.75 Å². The minimum Gasteiger partial charge on any atom is -0.495 e. The molecule has 100 valence electrons. The Morgan fingerprint density at radius 2 is 2.05 bits per heavy atom. The first kappa shape index (κ1) is 14.1. The smallest absolute Gasteiger partial charge is 0.265 e. The lowest BCUT2D eigenvalue weighted by Crippen LogP contribution is -2.11. The number of hydrogen-bond acceptors (Lipinski definition) is 3. The average molecular weight is 340 g/mol. The van der Waals surface area contributed by atoms with Crippen LogP contribution in [0, 0.1) is 13.8 Å². The molecule has 2 rings (SSSR count). The SMILES string of the molecule is COc1ccc(C)cc1NC(=O)c1cc(C)c(Br)s1. The average Bonchev–Trinajstić information content (AvgIpc) is 2.70. The first-order chi connectivity index (χ1) is 9.01. The first-order valence-electron chi connectivity index (χ1n) is 5.73. The predicted molar refractivity (Wildman–Crippen MR) is 82.4 cm³/mol. The lowest BCUT2D eigenvalue weighted by atomic mass is 10.2. The molecule has 0 spiro atoms. The highest BCUT2D eigenvalue weighted by Crippen LogP contribution is 2.30. The molecule has 0 fully saturated rings. The molecule has 0 atom stereocenters. The molecule has 1 N–H and O–H groups in total. The maximum absolute atomic E-state index is 12.2. The first-order valence-corrected chi connectivity index (χ1v) is 7.34. The monoisotopic (exact) mass is 339 g/mol. The van der Waals surface area contributed by atoms with Crippen LogP contribution in [0.15, 0.2) is 28.1 Å². The molecule has 0 saturated carbocycles. The van der Waals surface area contributed by atoms with Gasteiger partial charge in [-0.05, 0) is 59.1 Å². The molecular weight excluding hydrogens is 326 g/mol. The van der Waals surface area contributed by atoms with E-state index in [2.05, 4.69) is 21.2 Å². The van der Waals surface area contributed by atoms with Gasteiger partial charge in [0.1, 0.15) is 5.75 Å². The number of hydrogen-bond donors (Lipinski definition) is 1. The summed E-state index contributed by atoms with van der Waals surface area (Å²) in [5.74, 6) is 0.536. The molecule has 2 aromatic rings. The molecule has 1 aromatic heterocycles. The summed E-state index contributed by atoms with van der Waals surface area (Å²) < 4.78 is 6.23. The van der Waals surface area contributed by atoms with Gasteiger partial charge in [0.25, 0.3) is 5.91 Å². The molecule has 0 aliphatic heterocycles. The van der Waals surface area contributed by atoms with Crippen LogP contribution >= 0.6 is 27.3 Å². The summed E-state index contributed by atoms with van der Waals surface area (Å²) in [6.07, 6.45) is 0. The number of carbonyl (C=O) groups is 1. The molecule has 5 heteroatoms. The van der Waals surface area contributed by atoms with Crippen molar-refractivity contribution in [1.82, 2.24) is 0 Å². The summed E-state index contributed by atoms with van der Waals surface area (Å²) in [6.45, 7) is 3.94. The summed E-state index contributed by atoms with van der Waals surface area (Å²) in [4.78, 5) is 12.9. The molecule has 3 nitrogen and oxygen atoms in total. The van der Waals surface area contributed by atoms with E-state index in [0.717, 1.165) is 14.9 Å². The van der Waals surface area contributed by atoms with Crippen LogP contribution < -0.4 is 10.1 Å². The van der Waals surface area contributed by atoms with Crippen LogP contribution in [-0.2, 0) is 0 Å². The van der Waals surface area contributed by atoms with Gasteiger partial charge in [-0.3, -0.25) is 4.79 Å². The van der Waals surface area contributed by atoms with Gasteiger partial charge >= 0.3 is 0 Å². The van der Waals surface area contributed by atoms with Crippen molar-refractivity contribution in [2.24, 2.45) is 0 Å². The van der Waals surface area contributed by atoms with Crippen molar-refractivity contribution in [1.29, 1.82) is 0 Å². The molecule has 0 unspecified atom stereocenters. The van der Waals surface area contributed by atoms with E-state index in [-0.39, 0.29) is 5.91 Å².